The molecule has 0 aromatic heterocycles. The fraction of sp³-hybridized carbons (Fsp3) is 0.462. The molecule has 2 aliphatic rings. The van der Waals surface area contributed by atoms with Crippen LogP contribution < -0.4 is 0 Å². The molecule has 0 aliphatic heterocycles. The molecule has 0 aromatic carbocycles. The Hall–Kier alpha value is 0.363. The van der Waals surface area contributed by atoms with Crippen LogP contribution in [0.5, 0.6) is 0 Å². The predicted octanol–water partition coefficient (Wildman–Crippen LogP) is 7.69. The summed E-state index contributed by atoms with van der Waals surface area (Å²) in [7, 11) is 0. The van der Waals surface area contributed by atoms with E-state index in [0.717, 1.165) is 12.8 Å². The third kappa shape index (κ3) is 19.5. The molecular formula is C26H38Zr+2. The second-order valence-corrected chi connectivity index (χ2v) is 6.24. The molecule has 2 rings (SSSR count). The molecule has 10 radical (unpaired) electrons. The van der Waals surface area contributed by atoms with Gasteiger partial charge in [-0.1, -0.05) is 53.4 Å². The Morgan fingerprint density at radius 3 is 0.926 bits per heavy atom. The van der Waals surface area contributed by atoms with Crippen LogP contribution in [0.15, 0.2) is 11.1 Å². The van der Waals surface area contributed by atoms with E-state index in [4.69, 9.17) is 0 Å². The van der Waals surface area contributed by atoms with Gasteiger partial charge in [0.2, 0.25) is 0 Å². The van der Waals surface area contributed by atoms with Crippen molar-refractivity contribution in [3.05, 3.63) is 87.5 Å². The molecule has 0 heterocycles. The van der Waals surface area contributed by atoms with E-state index >= 15 is 0 Å². The largest absolute Gasteiger partial charge is 4.00 e. The molecule has 0 nitrogen and oxygen atoms in total. The maximum absolute atomic E-state index is 3.58. The number of rotatable bonds is 9. The van der Waals surface area contributed by atoms with Crippen LogP contribution in [0.3, 0.4) is 0 Å². The van der Waals surface area contributed by atoms with E-state index in [1.165, 1.54) is 49.7 Å². The van der Waals surface area contributed by atoms with Crippen molar-refractivity contribution in [3.8, 4) is 0 Å². The van der Waals surface area contributed by atoms with Crippen molar-refractivity contribution < 1.29 is 26.2 Å². The maximum atomic E-state index is 3.58. The van der Waals surface area contributed by atoms with Crippen molar-refractivity contribution in [2.45, 2.75) is 79.1 Å². The normalized spacial score (nSPS) is 16.7. The Kier molecular flexibility index (Phi) is 26.7. The molecule has 0 N–H and O–H groups in total. The minimum absolute atomic E-state index is 0. The van der Waals surface area contributed by atoms with E-state index in [1.807, 2.05) is 64.2 Å². The van der Waals surface area contributed by atoms with Gasteiger partial charge >= 0.3 is 26.2 Å². The van der Waals surface area contributed by atoms with Gasteiger partial charge in [0.25, 0.3) is 0 Å². The molecule has 27 heavy (non-hydrogen) atoms. The molecular weight excluding hydrogens is 404 g/mol. The molecule has 2 aliphatic carbocycles. The topological polar surface area (TPSA) is 0 Å². The zero-order valence-corrected chi connectivity index (χ0v) is 20.4. The second kappa shape index (κ2) is 24.4. The van der Waals surface area contributed by atoms with Gasteiger partial charge in [0.15, 0.2) is 0 Å². The van der Waals surface area contributed by atoms with Gasteiger partial charge in [0, 0.05) is 0 Å². The number of hydrogen-bond acceptors (Lipinski definition) is 0. The summed E-state index contributed by atoms with van der Waals surface area (Å²) >= 11 is 0. The predicted molar refractivity (Wildman–Crippen MR) is 116 cm³/mol. The Balaban J connectivity index is 0. The van der Waals surface area contributed by atoms with Crippen LogP contribution in [0, 0.1) is 76.4 Å². The Morgan fingerprint density at radius 1 is 0.481 bits per heavy atom. The van der Waals surface area contributed by atoms with Gasteiger partial charge in [-0.2, -0.15) is 0 Å². The first-order chi connectivity index (χ1) is 12.8. The standard InChI is InChI=1S/C16H28.2C5H5.Zr/c1-5-9-13-15(11-7-3)16(12-8-4)14-10-6-2;2*1-2-4-5-3-1;/h5-12H2,1-4H3;2*1-5H;/q-2;;;+4. The Bertz CT molecular complexity index is 283. The molecule has 144 valence electrons. The van der Waals surface area contributed by atoms with Crippen molar-refractivity contribution in [1.82, 2.24) is 0 Å². The van der Waals surface area contributed by atoms with Gasteiger partial charge in [0.1, 0.15) is 0 Å². The van der Waals surface area contributed by atoms with E-state index in [-0.39, 0.29) is 26.2 Å². The molecule has 0 spiro atoms. The summed E-state index contributed by atoms with van der Waals surface area (Å²) < 4.78 is 0. The van der Waals surface area contributed by atoms with Crippen LogP contribution in [0.1, 0.15) is 79.1 Å². The Labute approximate surface area is 192 Å². The zero-order valence-electron chi connectivity index (χ0n) is 17.9. The molecule has 2 saturated carbocycles. The number of hydrogen-bond donors (Lipinski definition) is 0. The van der Waals surface area contributed by atoms with Gasteiger partial charge in [-0.15, -0.1) is 25.7 Å². The molecule has 0 unspecified atom stereocenters. The first kappa shape index (κ1) is 29.6. The van der Waals surface area contributed by atoms with E-state index in [0.29, 0.717) is 0 Å². The summed E-state index contributed by atoms with van der Waals surface area (Å²) in [5.41, 5.74) is 2.89. The van der Waals surface area contributed by atoms with Gasteiger partial charge in [-0.05, 0) is 64.2 Å². The third-order valence-corrected chi connectivity index (χ3v) is 3.65. The maximum Gasteiger partial charge on any atom is 4.00 e. The van der Waals surface area contributed by atoms with E-state index < -0.39 is 0 Å². The summed E-state index contributed by atoms with van der Waals surface area (Å²) in [5, 5.41) is 0. The average Bonchev–Trinajstić information content (AvgIpc) is 3.40. The van der Waals surface area contributed by atoms with Gasteiger partial charge < -0.3 is 23.3 Å². The summed E-state index contributed by atoms with van der Waals surface area (Å²) in [6, 6.07) is 0. The SMILES string of the molecule is CCC[C-]=C(CCC)C(=[C-]CCC)CCC.[CH]1[CH][CH][CH][CH]1.[CH]1[CH][CH][CH][CH]1.[Zr+4]. The van der Waals surface area contributed by atoms with Crippen molar-refractivity contribution in [3.63, 3.8) is 0 Å². The number of allylic oxidation sites excluding steroid dienone is 4. The van der Waals surface area contributed by atoms with E-state index in [1.54, 1.807) is 0 Å². The van der Waals surface area contributed by atoms with E-state index in [2.05, 4.69) is 39.8 Å². The molecule has 0 bridgehead atoms. The first-order valence-electron chi connectivity index (χ1n) is 10.3. The monoisotopic (exact) mass is 440 g/mol. The number of unbranched alkanes of at least 4 members (excludes halogenated alkanes) is 2. The fourth-order valence-electron chi connectivity index (χ4n) is 2.39. The van der Waals surface area contributed by atoms with Gasteiger partial charge in [-0.3, -0.25) is 0 Å². The van der Waals surface area contributed by atoms with Gasteiger partial charge in [0.05, 0.1) is 0 Å². The molecule has 2 fully saturated rings. The molecule has 1 heteroatoms. The second-order valence-electron chi connectivity index (χ2n) is 6.24. The Morgan fingerprint density at radius 2 is 0.741 bits per heavy atom. The van der Waals surface area contributed by atoms with Crippen LogP contribution in [-0.2, 0) is 26.2 Å². The summed E-state index contributed by atoms with van der Waals surface area (Å²) in [6.45, 7) is 8.93. The van der Waals surface area contributed by atoms with Crippen molar-refractivity contribution in [2.75, 3.05) is 0 Å². The average molecular weight is 442 g/mol. The van der Waals surface area contributed by atoms with Crippen molar-refractivity contribution >= 4 is 0 Å². The van der Waals surface area contributed by atoms with E-state index in [9.17, 15) is 0 Å². The van der Waals surface area contributed by atoms with Crippen LogP contribution in [-0.4, -0.2) is 0 Å². The fourth-order valence-corrected chi connectivity index (χ4v) is 2.39. The minimum atomic E-state index is 0. The van der Waals surface area contributed by atoms with Crippen LogP contribution >= 0.6 is 0 Å². The van der Waals surface area contributed by atoms with Crippen LogP contribution in [0.25, 0.3) is 0 Å². The summed E-state index contributed by atoms with van der Waals surface area (Å²) in [6.07, 6.45) is 36.5. The van der Waals surface area contributed by atoms with Crippen molar-refractivity contribution in [1.29, 1.82) is 0 Å². The molecule has 0 saturated heterocycles. The van der Waals surface area contributed by atoms with Crippen LogP contribution in [0.4, 0.5) is 0 Å². The van der Waals surface area contributed by atoms with Crippen molar-refractivity contribution in [2.24, 2.45) is 0 Å². The molecule has 0 amide bonds. The molecule has 0 atom stereocenters. The summed E-state index contributed by atoms with van der Waals surface area (Å²) in [5.74, 6) is 0. The van der Waals surface area contributed by atoms with Gasteiger partial charge in [-0.25, -0.2) is 0 Å². The third-order valence-electron chi connectivity index (χ3n) is 3.65. The molecule has 0 aromatic rings. The summed E-state index contributed by atoms with van der Waals surface area (Å²) in [4.78, 5) is 0. The van der Waals surface area contributed by atoms with Crippen LogP contribution in [0.2, 0.25) is 0 Å². The quantitative estimate of drug-likeness (QED) is 0.254. The smallest absolute Gasteiger partial charge is 0.373 e. The zero-order chi connectivity index (χ0) is 19.3. The first-order valence-corrected chi connectivity index (χ1v) is 10.3. The minimum Gasteiger partial charge on any atom is -0.373 e.